The monoisotopic (exact) mass is 324 g/mol. The van der Waals surface area contributed by atoms with E-state index in [9.17, 15) is 13.2 Å². The van der Waals surface area contributed by atoms with Gasteiger partial charge in [0, 0.05) is 6.04 Å². The maximum Gasteiger partial charge on any atom is 0.317 e. The van der Waals surface area contributed by atoms with Crippen LogP contribution in [0.1, 0.15) is 11.4 Å². The smallest absolute Gasteiger partial charge is 0.317 e. The van der Waals surface area contributed by atoms with Crippen LogP contribution in [0.4, 0.5) is 0 Å². The van der Waals surface area contributed by atoms with Crippen LogP contribution in [0.15, 0.2) is 6.20 Å². The van der Waals surface area contributed by atoms with E-state index in [2.05, 4.69) is 4.98 Å². The maximum absolute atomic E-state index is 11.5. The van der Waals surface area contributed by atoms with E-state index < -0.39 is 15.8 Å². The summed E-state index contributed by atoms with van der Waals surface area (Å²) in [7, 11) is -3.04. The van der Waals surface area contributed by atoms with E-state index in [0.29, 0.717) is 22.3 Å². The van der Waals surface area contributed by atoms with Gasteiger partial charge in [0.1, 0.15) is 9.34 Å². The van der Waals surface area contributed by atoms with Crippen molar-refractivity contribution in [3.8, 4) is 0 Å². The second-order valence-electron chi connectivity index (χ2n) is 4.41. The second-order valence-corrected chi connectivity index (χ2v) is 8.39. The van der Waals surface area contributed by atoms with Gasteiger partial charge in [-0.3, -0.25) is 9.69 Å². The van der Waals surface area contributed by atoms with E-state index in [1.807, 2.05) is 0 Å². The number of thiazole rings is 1. The van der Waals surface area contributed by atoms with Crippen LogP contribution < -0.4 is 0 Å². The standard InChI is InChI=1S/C10H13ClN2O4S2/c11-8-3-12-9(18-8)4-13(5-10(14)15)7-1-2-19(16,17)6-7/h3,7H,1-2,4-6H2,(H,14,15). The third-order valence-electron chi connectivity index (χ3n) is 2.93. The number of halogens is 1. The minimum Gasteiger partial charge on any atom is -0.480 e. The van der Waals surface area contributed by atoms with Gasteiger partial charge >= 0.3 is 5.97 Å². The third-order valence-corrected chi connectivity index (χ3v) is 5.78. The molecule has 6 nitrogen and oxygen atoms in total. The normalized spacial score (nSPS) is 21.9. The van der Waals surface area contributed by atoms with Crippen LogP contribution in [0, 0.1) is 0 Å². The number of carboxylic acid groups (broad SMARTS) is 1. The highest BCUT2D eigenvalue weighted by atomic mass is 35.5. The highest BCUT2D eigenvalue weighted by molar-refractivity contribution is 7.91. The zero-order valence-corrected chi connectivity index (χ0v) is 12.3. The number of carbonyl (C=O) groups is 1. The zero-order chi connectivity index (χ0) is 14.0. The van der Waals surface area contributed by atoms with E-state index in [4.69, 9.17) is 16.7 Å². The summed E-state index contributed by atoms with van der Waals surface area (Å²) in [6.07, 6.45) is 1.97. The Kier molecular flexibility index (Phi) is 4.44. The van der Waals surface area contributed by atoms with E-state index in [-0.39, 0.29) is 24.1 Å². The highest BCUT2D eigenvalue weighted by Gasteiger charge is 2.33. The van der Waals surface area contributed by atoms with Gasteiger partial charge in [0.15, 0.2) is 9.84 Å². The lowest BCUT2D eigenvalue weighted by atomic mass is 10.2. The number of aromatic nitrogens is 1. The Balaban J connectivity index is 2.10. The molecular weight excluding hydrogens is 312 g/mol. The number of sulfone groups is 1. The molecule has 0 aromatic carbocycles. The predicted molar refractivity (Wildman–Crippen MR) is 72.2 cm³/mol. The number of carboxylic acids is 1. The van der Waals surface area contributed by atoms with E-state index in [0.717, 1.165) is 0 Å². The van der Waals surface area contributed by atoms with Crippen molar-refractivity contribution in [3.05, 3.63) is 15.5 Å². The lowest BCUT2D eigenvalue weighted by Gasteiger charge is -2.25. The lowest BCUT2D eigenvalue weighted by molar-refractivity contribution is -0.139. The summed E-state index contributed by atoms with van der Waals surface area (Å²) in [5.41, 5.74) is 0. The van der Waals surface area contributed by atoms with E-state index in [1.54, 1.807) is 4.90 Å². The van der Waals surface area contributed by atoms with Crippen LogP contribution in [0.25, 0.3) is 0 Å². The van der Waals surface area contributed by atoms with Crippen molar-refractivity contribution >= 4 is 38.7 Å². The molecule has 0 radical (unpaired) electrons. The summed E-state index contributed by atoms with van der Waals surface area (Å²) >= 11 is 7.05. The molecule has 1 aromatic rings. The molecule has 1 atom stereocenters. The van der Waals surface area contributed by atoms with Crippen molar-refractivity contribution in [2.45, 2.75) is 19.0 Å². The van der Waals surface area contributed by atoms with Gasteiger partial charge < -0.3 is 5.11 Å². The van der Waals surface area contributed by atoms with Gasteiger partial charge in [-0.25, -0.2) is 13.4 Å². The van der Waals surface area contributed by atoms with Crippen molar-refractivity contribution in [2.24, 2.45) is 0 Å². The number of aliphatic carboxylic acids is 1. The first-order valence-electron chi connectivity index (χ1n) is 5.62. The van der Waals surface area contributed by atoms with Crippen molar-refractivity contribution in [1.29, 1.82) is 0 Å². The van der Waals surface area contributed by atoms with Gasteiger partial charge in [0.25, 0.3) is 0 Å². The Morgan fingerprint density at radius 1 is 1.63 bits per heavy atom. The van der Waals surface area contributed by atoms with Crippen LogP contribution in [0.3, 0.4) is 0 Å². The van der Waals surface area contributed by atoms with Crippen LogP contribution in [0.5, 0.6) is 0 Å². The molecule has 106 valence electrons. The van der Waals surface area contributed by atoms with Crippen molar-refractivity contribution in [2.75, 3.05) is 18.1 Å². The van der Waals surface area contributed by atoms with Crippen LogP contribution in [0.2, 0.25) is 4.34 Å². The van der Waals surface area contributed by atoms with Gasteiger partial charge in [-0.2, -0.15) is 0 Å². The minimum atomic E-state index is -3.04. The average molecular weight is 325 g/mol. The second kappa shape index (κ2) is 5.74. The first kappa shape index (κ1) is 14.7. The molecule has 1 aliphatic rings. The maximum atomic E-state index is 11.5. The Morgan fingerprint density at radius 3 is 2.84 bits per heavy atom. The van der Waals surface area contributed by atoms with Gasteiger partial charge in [-0.1, -0.05) is 11.6 Å². The summed E-state index contributed by atoms with van der Waals surface area (Å²) in [5, 5.41) is 9.61. The Morgan fingerprint density at radius 2 is 2.37 bits per heavy atom. The van der Waals surface area contributed by atoms with Gasteiger partial charge in [0.05, 0.1) is 30.8 Å². The molecule has 1 fully saturated rings. The summed E-state index contributed by atoms with van der Waals surface area (Å²) in [6.45, 7) is 0.112. The van der Waals surface area contributed by atoms with Crippen LogP contribution in [-0.4, -0.2) is 53.5 Å². The number of hydrogen-bond acceptors (Lipinski definition) is 6. The van der Waals surface area contributed by atoms with Gasteiger partial charge in [-0.05, 0) is 6.42 Å². The molecule has 2 rings (SSSR count). The first-order chi connectivity index (χ1) is 8.85. The quantitative estimate of drug-likeness (QED) is 0.864. The fourth-order valence-corrected chi connectivity index (χ4v) is 4.83. The molecule has 0 spiro atoms. The largest absolute Gasteiger partial charge is 0.480 e. The Hall–Kier alpha value is -0.700. The summed E-state index contributed by atoms with van der Waals surface area (Å²) in [4.78, 5) is 16.6. The molecule has 2 heterocycles. The fourth-order valence-electron chi connectivity index (χ4n) is 2.09. The summed E-state index contributed by atoms with van der Waals surface area (Å²) < 4.78 is 23.5. The first-order valence-corrected chi connectivity index (χ1v) is 8.64. The van der Waals surface area contributed by atoms with Crippen LogP contribution >= 0.6 is 22.9 Å². The molecule has 1 N–H and O–H groups in total. The molecule has 9 heteroatoms. The average Bonchev–Trinajstić information content (AvgIpc) is 2.83. The minimum absolute atomic E-state index is 0.0133. The lowest BCUT2D eigenvalue weighted by Crippen LogP contribution is -2.39. The number of hydrogen-bond donors (Lipinski definition) is 1. The Bertz CT molecular complexity index is 572. The van der Waals surface area contributed by atoms with E-state index >= 15 is 0 Å². The van der Waals surface area contributed by atoms with E-state index in [1.165, 1.54) is 17.5 Å². The van der Waals surface area contributed by atoms with Crippen molar-refractivity contribution in [1.82, 2.24) is 9.88 Å². The number of nitrogens with zero attached hydrogens (tertiary/aromatic N) is 2. The zero-order valence-electron chi connectivity index (χ0n) is 9.95. The molecule has 0 saturated carbocycles. The molecule has 1 saturated heterocycles. The topological polar surface area (TPSA) is 87.6 Å². The molecule has 1 aromatic heterocycles. The third kappa shape index (κ3) is 4.13. The SMILES string of the molecule is O=C(O)CN(Cc1ncc(Cl)s1)C1CCS(=O)(=O)C1. The van der Waals surface area contributed by atoms with Crippen LogP contribution in [-0.2, 0) is 21.2 Å². The highest BCUT2D eigenvalue weighted by Crippen LogP contribution is 2.23. The summed E-state index contributed by atoms with van der Waals surface area (Å²) in [6, 6.07) is -0.260. The molecule has 0 bridgehead atoms. The molecule has 0 aliphatic carbocycles. The number of rotatable bonds is 5. The molecule has 0 amide bonds. The fraction of sp³-hybridized carbons (Fsp3) is 0.600. The summed E-state index contributed by atoms with van der Waals surface area (Å²) in [5.74, 6) is -0.849. The van der Waals surface area contributed by atoms with Crippen molar-refractivity contribution in [3.63, 3.8) is 0 Å². The molecule has 1 aliphatic heterocycles. The van der Waals surface area contributed by atoms with Gasteiger partial charge in [-0.15, -0.1) is 11.3 Å². The molecule has 19 heavy (non-hydrogen) atoms. The molecule has 1 unspecified atom stereocenters. The molecular formula is C10H13ClN2O4S2. The predicted octanol–water partition coefficient (Wildman–Crippen LogP) is 0.870. The Labute approximate surface area is 119 Å². The van der Waals surface area contributed by atoms with Gasteiger partial charge in [0.2, 0.25) is 0 Å². The van der Waals surface area contributed by atoms with Crippen molar-refractivity contribution < 1.29 is 18.3 Å².